The Balaban J connectivity index is 0.00000308. The van der Waals surface area contributed by atoms with Crippen molar-refractivity contribution >= 4 is 0 Å². The lowest BCUT2D eigenvalue weighted by atomic mass is 9.56. The number of aliphatic hydroxyl groups is 1. The van der Waals surface area contributed by atoms with E-state index < -0.39 is 5.60 Å². The van der Waals surface area contributed by atoms with Gasteiger partial charge in [0.15, 0.2) is 0 Å². The molecule has 1 atom stereocenters. The first-order valence-electron chi connectivity index (χ1n) is 14.0. The summed E-state index contributed by atoms with van der Waals surface area (Å²) in [6, 6.07) is 40.0. The highest BCUT2D eigenvalue weighted by Crippen LogP contribution is 2.57. The fourth-order valence-corrected chi connectivity index (χ4v) is 6.96. The average Bonchev–Trinajstić information content (AvgIpc) is 3.01. The van der Waals surface area contributed by atoms with Gasteiger partial charge in [-0.25, -0.2) is 0 Å². The summed E-state index contributed by atoms with van der Waals surface area (Å²) in [6.45, 7) is 5.82. The number of ether oxygens (including phenoxy) is 1. The maximum Gasteiger partial charge on any atom is 0.121 e. The first-order chi connectivity index (χ1) is 18.6. The molecule has 3 nitrogen and oxygen atoms in total. The number of fused-ring (bicyclic) bond motifs is 3. The van der Waals surface area contributed by atoms with E-state index in [1.165, 1.54) is 16.7 Å². The number of hydrogen-bond acceptors (Lipinski definition) is 2. The molecule has 4 aromatic rings. The third kappa shape index (κ3) is 5.36. The Hall–Kier alpha value is -2.76. The third-order valence-corrected chi connectivity index (χ3v) is 9.38. The summed E-state index contributed by atoms with van der Waals surface area (Å²) in [5.74, 6) is 0. The minimum atomic E-state index is -1.01. The quantitative estimate of drug-likeness (QED) is 0.240. The molecule has 3 aliphatic rings. The van der Waals surface area contributed by atoms with Crippen LogP contribution in [0.15, 0.2) is 115 Å². The SMILES string of the molecule is OC(c1ccccc1)(c1ccc(-c2ccccc2)cc1)C12CC[N+](CCOCc3ccccc3)(CC1)CC2.[Br-]. The lowest BCUT2D eigenvalue weighted by Crippen LogP contribution is -3.00. The van der Waals surface area contributed by atoms with E-state index in [9.17, 15) is 5.11 Å². The van der Waals surface area contributed by atoms with Crippen molar-refractivity contribution in [1.82, 2.24) is 0 Å². The van der Waals surface area contributed by atoms with Gasteiger partial charge in [0.05, 0.1) is 32.8 Å². The predicted octanol–water partition coefficient (Wildman–Crippen LogP) is 3.81. The van der Waals surface area contributed by atoms with Crippen molar-refractivity contribution in [3.8, 4) is 11.1 Å². The van der Waals surface area contributed by atoms with Crippen molar-refractivity contribution in [2.45, 2.75) is 31.5 Å². The zero-order valence-corrected chi connectivity index (χ0v) is 24.1. The lowest BCUT2D eigenvalue weighted by Gasteiger charge is -2.60. The highest BCUT2D eigenvalue weighted by molar-refractivity contribution is 5.64. The molecule has 3 heterocycles. The van der Waals surface area contributed by atoms with Gasteiger partial charge < -0.3 is 31.3 Å². The minimum absolute atomic E-state index is 0. The van der Waals surface area contributed by atoms with Crippen molar-refractivity contribution in [2.75, 3.05) is 32.8 Å². The van der Waals surface area contributed by atoms with Crippen LogP contribution in [0.5, 0.6) is 0 Å². The van der Waals surface area contributed by atoms with E-state index in [-0.39, 0.29) is 22.4 Å². The van der Waals surface area contributed by atoms with Gasteiger partial charge in [0.1, 0.15) is 12.1 Å². The van der Waals surface area contributed by atoms with Gasteiger partial charge in [-0.3, -0.25) is 0 Å². The molecule has 202 valence electrons. The lowest BCUT2D eigenvalue weighted by molar-refractivity contribution is -0.946. The Labute approximate surface area is 243 Å². The van der Waals surface area contributed by atoms with Crippen LogP contribution < -0.4 is 17.0 Å². The Bertz CT molecular complexity index is 1300. The van der Waals surface area contributed by atoms with Gasteiger partial charge >= 0.3 is 0 Å². The smallest absolute Gasteiger partial charge is 0.121 e. The van der Waals surface area contributed by atoms with E-state index in [2.05, 4.69) is 97.1 Å². The fraction of sp³-hybridized carbons (Fsp3) is 0.314. The first-order valence-corrected chi connectivity index (χ1v) is 14.0. The summed E-state index contributed by atoms with van der Waals surface area (Å²) in [4.78, 5) is 0. The van der Waals surface area contributed by atoms with Gasteiger partial charge in [-0.2, -0.15) is 0 Å². The van der Waals surface area contributed by atoms with Crippen LogP contribution in [-0.2, 0) is 16.9 Å². The van der Waals surface area contributed by atoms with E-state index in [1.54, 1.807) is 0 Å². The Kier molecular flexibility index (Phi) is 8.39. The minimum Gasteiger partial charge on any atom is -1.00 e. The summed E-state index contributed by atoms with van der Waals surface area (Å²) in [5.41, 5.74) is 4.47. The highest BCUT2D eigenvalue weighted by Gasteiger charge is 2.60. The van der Waals surface area contributed by atoms with E-state index >= 15 is 0 Å². The van der Waals surface area contributed by atoms with Crippen molar-refractivity contribution in [3.05, 3.63) is 132 Å². The van der Waals surface area contributed by atoms with E-state index in [1.807, 2.05) is 18.2 Å². The zero-order valence-electron chi connectivity index (χ0n) is 22.5. The molecular formula is C35H38BrNO2. The van der Waals surface area contributed by atoms with Crippen LogP contribution in [0.25, 0.3) is 11.1 Å². The van der Waals surface area contributed by atoms with Crippen LogP contribution >= 0.6 is 0 Å². The monoisotopic (exact) mass is 583 g/mol. The molecule has 3 saturated heterocycles. The molecule has 1 unspecified atom stereocenters. The van der Waals surface area contributed by atoms with Crippen LogP contribution in [0.2, 0.25) is 0 Å². The second-order valence-electron chi connectivity index (χ2n) is 11.3. The van der Waals surface area contributed by atoms with Crippen molar-refractivity contribution < 1.29 is 31.3 Å². The molecule has 4 aromatic carbocycles. The summed E-state index contributed by atoms with van der Waals surface area (Å²) in [6.07, 6.45) is 3.08. The number of benzene rings is 4. The standard InChI is InChI=1S/C35H38NO2.BrH/c37-35(32-14-8-3-9-15-32,33-18-16-31(17-19-33)30-12-6-2-7-13-30)34-20-23-36(24-21-34,25-22-34)26-27-38-28-29-10-4-1-5-11-29;/h1-19,37H,20-28H2;1H/q+1;/p-1. The molecule has 2 bridgehead atoms. The van der Waals surface area contributed by atoms with Gasteiger partial charge in [-0.05, 0) is 27.8 Å². The van der Waals surface area contributed by atoms with Crippen molar-refractivity contribution in [3.63, 3.8) is 0 Å². The molecular weight excluding hydrogens is 546 g/mol. The first kappa shape index (κ1) is 27.8. The largest absolute Gasteiger partial charge is 1.00 e. The number of rotatable bonds is 9. The molecule has 4 heteroatoms. The molecule has 3 aliphatic heterocycles. The predicted molar refractivity (Wildman–Crippen MR) is 153 cm³/mol. The number of nitrogens with zero attached hydrogens (tertiary/aromatic N) is 1. The Morgan fingerprint density at radius 3 is 1.72 bits per heavy atom. The molecule has 39 heavy (non-hydrogen) atoms. The third-order valence-electron chi connectivity index (χ3n) is 9.38. The molecule has 0 saturated carbocycles. The van der Waals surface area contributed by atoms with E-state index in [0.29, 0.717) is 6.61 Å². The summed E-state index contributed by atoms with van der Waals surface area (Å²) >= 11 is 0. The second-order valence-corrected chi connectivity index (χ2v) is 11.3. The van der Waals surface area contributed by atoms with Gasteiger partial charge in [0.2, 0.25) is 0 Å². The molecule has 0 aromatic heterocycles. The van der Waals surface area contributed by atoms with Crippen LogP contribution in [0.3, 0.4) is 0 Å². The van der Waals surface area contributed by atoms with Crippen LogP contribution in [0, 0.1) is 5.41 Å². The zero-order chi connectivity index (χ0) is 25.9. The van der Waals surface area contributed by atoms with Gasteiger partial charge in [0.25, 0.3) is 0 Å². The van der Waals surface area contributed by atoms with Crippen LogP contribution in [-0.4, -0.2) is 42.4 Å². The molecule has 0 amide bonds. The van der Waals surface area contributed by atoms with E-state index in [0.717, 1.165) is 67.7 Å². The van der Waals surface area contributed by atoms with Gasteiger partial charge in [-0.15, -0.1) is 0 Å². The molecule has 0 spiro atoms. The average molecular weight is 585 g/mol. The number of halogens is 1. The topological polar surface area (TPSA) is 29.5 Å². The fourth-order valence-electron chi connectivity index (χ4n) is 6.96. The highest BCUT2D eigenvalue weighted by atomic mass is 79.9. The number of hydrogen-bond donors (Lipinski definition) is 1. The summed E-state index contributed by atoms with van der Waals surface area (Å²) in [7, 11) is 0. The number of piperidine rings is 3. The molecule has 0 aliphatic carbocycles. The molecule has 1 N–H and O–H groups in total. The maximum absolute atomic E-state index is 12.8. The Morgan fingerprint density at radius 1 is 0.641 bits per heavy atom. The van der Waals surface area contributed by atoms with Gasteiger partial charge in [0, 0.05) is 24.7 Å². The Morgan fingerprint density at radius 2 is 1.13 bits per heavy atom. The normalized spacial score (nSPS) is 23.5. The summed E-state index contributed by atoms with van der Waals surface area (Å²) in [5, 5.41) is 12.8. The maximum atomic E-state index is 12.8. The molecule has 3 fully saturated rings. The number of quaternary nitrogens is 1. The van der Waals surface area contributed by atoms with Crippen LogP contribution in [0.4, 0.5) is 0 Å². The van der Waals surface area contributed by atoms with Crippen LogP contribution in [0.1, 0.15) is 36.0 Å². The molecule has 0 radical (unpaired) electrons. The van der Waals surface area contributed by atoms with Crippen molar-refractivity contribution in [1.29, 1.82) is 0 Å². The summed E-state index contributed by atoms with van der Waals surface area (Å²) < 4.78 is 7.20. The van der Waals surface area contributed by atoms with Crippen molar-refractivity contribution in [2.24, 2.45) is 5.41 Å². The second kappa shape index (κ2) is 11.8. The van der Waals surface area contributed by atoms with E-state index in [4.69, 9.17) is 4.74 Å². The van der Waals surface area contributed by atoms with Gasteiger partial charge in [-0.1, -0.05) is 115 Å². The molecule has 7 rings (SSSR count).